The van der Waals surface area contributed by atoms with Gasteiger partial charge in [0, 0.05) is 36.1 Å². The second-order valence-corrected chi connectivity index (χ2v) is 10.7. The maximum absolute atomic E-state index is 15.2. The van der Waals surface area contributed by atoms with Crippen LogP contribution in [0.15, 0.2) is 55.0 Å². The molecule has 6 heterocycles. The van der Waals surface area contributed by atoms with E-state index in [4.69, 9.17) is 4.98 Å². The van der Waals surface area contributed by atoms with Crippen LogP contribution in [0.1, 0.15) is 24.8 Å². The Morgan fingerprint density at radius 3 is 2.68 bits per heavy atom. The van der Waals surface area contributed by atoms with E-state index in [2.05, 4.69) is 36.1 Å². The molecule has 5 aromatic heterocycles. The van der Waals surface area contributed by atoms with Crippen molar-refractivity contribution in [2.24, 2.45) is 0 Å². The van der Waals surface area contributed by atoms with E-state index in [-0.39, 0.29) is 10.6 Å². The molecule has 7 nitrogen and oxygen atoms in total. The molecule has 0 aliphatic carbocycles. The van der Waals surface area contributed by atoms with Gasteiger partial charge in [0.05, 0.1) is 10.4 Å². The summed E-state index contributed by atoms with van der Waals surface area (Å²) in [5.74, 6) is 0.0799. The fourth-order valence-electron chi connectivity index (χ4n) is 5.21. The highest BCUT2D eigenvalue weighted by molar-refractivity contribution is 7.13. The Morgan fingerprint density at radius 1 is 0.947 bits per heavy atom. The van der Waals surface area contributed by atoms with Crippen LogP contribution in [-0.4, -0.2) is 48.1 Å². The summed E-state index contributed by atoms with van der Waals surface area (Å²) >= 11 is 1.02. The van der Waals surface area contributed by atoms with Crippen LogP contribution in [-0.2, 0) is 6.54 Å². The fraction of sp³-hybridized carbons (Fsp3) is 0.214. The van der Waals surface area contributed by atoms with Crippen molar-refractivity contribution < 1.29 is 8.78 Å². The number of thiophene rings is 1. The first-order chi connectivity index (χ1) is 18.6. The summed E-state index contributed by atoms with van der Waals surface area (Å²) in [4.78, 5) is 20.1. The van der Waals surface area contributed by atoms with E-state index in [1.54, 1.807) is 18.5 Å². The average molecular weight is 528 g/mol. The van der Waals surface area contributed by atoms with Crippen LogP contribution >= 0.6 is 11.3 Å². The molecule has 1 saturated heterocycles. The maximum Gasteiger partial charge on any atom is 0.177 e. The SMILES string of the molecule is Fc1ccc(-c2nccc3[nH]c(-c4[nH]nc5c(F)cc(-c6cncc(CN7CCCCC7)c6)cc45)nc23)s1. The smallest absolute Gasteiger partial charge is 0.177 e. The highest BCUT2D eigenvalue weighted by Gasteiger charge is 2.19. The molecule has 7 rings (SSSR count). The molecule has 190 valence electrons. The molecule has 1 aliphatic heterocycles. The molecule has 1 fully saturated rings. The molecule has 1 aromatic carbocycles. The number of halogens is 2. The van der Waals surface area contributed by atoms with Crippen molar-refractivity contribution in [1.82, 2.24) is 35.0 Å². The quantitative estimate of drug-likeness (QED) is 0.265. The molecule has 38 heavy (non-hydrogen) atoms. The monoisotopic (exact) mass is 527 g/mol. The second-order valence-electron chi connectivity index (χ2n) is 9.62. The number of hydrogen-bond acceptors (Lipinski definition) is 6. The lowest BCUT2D eigenvalue weighted by Gasteiger charge is -2.26. The molecule has 1 aliphatic rings. The van der Waals surface area contributed by atoms with E-state index in [1.807, 2.05) is 18.3 Å². The maximum atomic E-state index is 15.2. The van der Waals surface area contributed by atoms with E-state index < -0.39 is 5.82 Å². The molecular weight excluding hydrogens is 504 g/mol. The molecule has 0 amide bonds. The first-order valence-electron chi connectivity index (χ1n) is 12.6. The summed E-state index contributed by atoms with van der Waals surface area (Å²) in [6.45, 7) is 3.03. The Kier molecular flexibility index (Phi) is 5.70. The van der Waals surface area contributed by atoms with Gasteiger partial charge in [-0.3, -0.25) is 20.0 Å². The second kappa shape index (κ2) is 9.38. The van der Waals surface area contributed by atoms with Crippen LogP contribution in [0.5, 0.6) is 0 Å². The van der Waals surface area contributed by atoms with Crippen molar-refractivity contribution in [2.45, 2.75) is 25.8 Å². The van der Waals surface area contributed by atoms with Gasteiger partial charge in [-0.05, 0) is 73.5 Å². The molecule has 0 radical (unpaired) electrons. The number of rotatable bonds is 5. The molecule has 0 bridgehead atoms. The minimum absolute atomic E-state index is 0.236. The van der Waals surface area contributed by atoms with Gasteiger partial charge >= 0.3 is 0 Å². The number of aromatic nitrogens is 6. The number of nitrogens with zero attached hydrogens (tertiary/aromatic N) is 5. The van der Waals surface area contributed by atoms with Gasteiger partial charge in [-0.2, -0.15) is 9.49 Å². The minimum atomic E-state index is -0.422. The lowest BCUT2D eigenvalue weighted by Crippen LogP contribution is -2.29. The van der Waals surface area contributed by atoms with Crippen molar-refractivity contribution >= 4 is 33.3 Å². The fourth-order valence-corrected chi connectivity index (χ4v) is 5.93. The van der Waals surface area contributed by atoms with Crippen molar-refractivity contribution in [1.29, 1.82) is 0 Å². The number of nitrogens with one attached hydrogen (secondary N) is 2. The predicted octanol–water partition coefficient (Wildman–Crippen LogP) is 6.56. The predicted molar refractivity (Wildman–Crippen MR) is 145 cm³/mol. The highest BCUT2D eigenvalue weighted by Crippen LogP contribution is 2.35. The summed E-state index contributed by atoms with van der Waals surface area (Å²) in [5.41, 5.74) is 5.43. The number of likely N-dealkylation sites (tertiary alicyclic amines) is 1. The van der Waals surface area contributed by atoms with Gasteiger partial charge in [0.15, 0.2) is 16.8 Å². The number of benzene rings is 1. The third-order valence-electron chi connectivity index (χ3n) is 7.04. The largest absolute Gasteiger partial charge is 0.337 e. The summed E-state index contributed by atoms with van der Waals surface area (Å²) in [6.07, 6.45) is 9.04. The Hall–Kier alpha value is -4.02. The van der Waals surface area contributed by atoms with Crippen LogP contribution in [0.25, 0.3) is 55.2 Å². The average Bonchev–Trinajstić information content (AvgIpc) is 3.67. The molecule has 6 aromatic rings. The Bertz CT molecular complexity index is 1780. The normalized spacial score (nSPS) is 14.6. The van der Waals surface area contributed by atoms with Crippen molar-refractivity contribution in [3.63, 3.8) is 0 Å². The third kappa shape index (κ3) is 4.15. The number of pyridine rings is 2. The number of H-pyrrole nitrogens is 2. The number of hydrogen-bond donors (Lipinski definition) is 2. The van der Waals surface area contributed by atoms with E-state index in [1.165, 1.54) is 31.4 Å². The molecular formula is C28H23F2N7S. The molecule has 2 N–H and O–H groups in total. The number of piperidine rings is 1. The summed E-state index contributed by atoms with van der Waals surface area (Å²) in [5, 5.41) is 7.51. The van der Waals surface area contributed by atoms with Gasteiger partial charge in [0.25, 0.3) is 0 Å². The molecule has 0 spiro atoms. The highest BCUT2D eigenvalue weighted by atomic mass is 32.1. The van der Waals surface area contributed by atoms with Crippen LogP contribution in [0.3, 0.4) is 0 Å². The molecule has 0 unspecified atom stereocenters. The van der Waals surface area contributed by atoms with E-state index in [0.29, 0.717) is 33.0 Å². The van der Waals surface area contributed by atoms with Gasteiger partial charge in [0.2, 0.25) is 0 Å². The molecule has 10 heteroatoms. The minimum Gasteiger partial charge on any atom is -0.337 e. The lowest BCUT2D eigenvalue weighted by atomic mass is 10.0. The molecule has 0 saturated carbocycles. The van der Waals surface area contributed by atoms with Crippen LogP contribution in [0.2, 0.25) is 0 Å². The first kappa shape index (κ1) is 23.1. The summed E-state index contributed by atoms with van der Waals surface area (Å²) in [6, 6.07) is 10.4. The van der Waals surface area contributed by atoms with Gasteiger partial charge in [-0.25, -0.2) is 9.37 Å². The Morgan fingerprint density at radius 2 is 1.84 bits per heavy atom. The van der Waals surface area contributed by atoms with Crippen molar-refractivity contribution in [2.75, 3.05) is 13.1 Å². The zero-order valence-corrected chi connectivity index (χ0v) is 21.2. The number of imidazole rings is 1. The number of fused-ring (bicyclic) bond motifs is 2. The first-order valence-corrected chi connectivity index (χ1v) is 13.4. The number of aromatic amines is 2. The summed E-state index contributed by atoms with van der Waals surface area (Å²) < 4.78 is 28.9. The van der Waals surface area contributed by atoms with Crippen molar-refractivity contribution in [3.05, 3.63) is 71.5 Å². The van der Waals surface area contributed by atoms with Crippen LogP contribution in [0, 0.1) is 10.9 Å². The molecule has 0 atom stereocenters. The Labute approximate surface area is 220 Å². The zero-order chi connectivity index (χ0) is 25.6. The van der Waals surface area contributed by atoms with Gasteiger partial charge in [-0.15, -0.1) is 11.3 Å². The van der Waals surface area contributed by atoms with Crippen LogP contribution in [0.4, 0.5) is 8.78 Å². The van der Waals surface area contributed by atoms with E-state index in [0.717, 1.165) is 53.2 Å². The topological polar surface area (TPSA) is 86.4 Å². The summed E-state index contributed by atoms with van der Waals surface area (Å²) in [7, 11) is 0. The Balaban J connectivity index is 1.29. The zero-order valence-electron chi connectivity index (χ0n) is 20.3. The van der Waals surface area contributed by atoms with Crippen molar-refractivity contribution in [3.8, 4) is 33.2 Å². The third-order valence-corrected chi connectivity index (χ3v) is 7.92. The van der Waals surface area contributed by atoms with E-state index in [9.17, 15) is 4.39 Å². The van der Waals surface area contributed by atoms with Crippen LogP contribution < -0.4 is 0 Å². The van der Waals surface area contributed by atoms with Gasteiger partial charge in [0.1, 0.15) is 22.4 Å². The van der Waals surface area contributed by atoms with E-state index >= 15 is 4.39 Å². The lowest BCUT2D eigenvalue weighted by molar-refractivity contribution is 0.220. The standard InChI is InChI=1S/C28H23F2N7S/c29-20-12-17(18-10-16(13-31-14-18)15-37-8-2-1-3-9-37)11-19-24(20)35-36-25(19)28-33-21-6-7-32-27(26(21)34-28)22-4-5-23(30)38-22/h4-7,10-14H,1-3,8-9,15H2,(H,33,34)(H,35,36). The van der Waals surface area contributed by atoms with Gasteiger partial charge in [-0.1, -0.05) is 6.42 Å². The van der Waals surface area contributed by atoms with Gasteiger partial charge < -0.3 is 4.98 Å².